The summed E-state index contributed by atoms with van der Waals surface area (Å²) in [6.45, 7) is 3.02. The number of nitrogens with zero attached hydrogens (tertiary/aromatic N) is 1. The van der Waals surface area contributed by atoms with E-state index in [9.17, 15) is 14.4 Å². The quantitative estimate of drug-likeness (QED) is 0.415. The highest BCUT2D eigenvalue weighted by atomic mass is 16.2. The standard InChI is InChI=1S/C14H19N5O3/c1-9-8-15-5-4-10(9)16-6-7-17-12(20)3-2-11-13(21)19-14(22)18-11/h4-5,8,11H,2-3,6-7H2,1H3,(H,15,16)(H,17,20)(H2,18,19,21,22). The molecule has 1 unspecified atom stereocenters. The number of hydrogen-bond acceptors (Lipinski definition) is 5. The lowest BCUT2D eigenvalue weighted by Crippen LogP contribution is -2.33. The van der Waals surface area contributed by atoms with Gasteiger partial charge in [0.2, 0.25) is 5.91 Å². The lowest BCUT2D eigenvalue weighted by Gasteiger charge is -2.10. The second-order valence-electron chi connectivity index (χ2n) is 5.02. The lowest BCUT2D eigenvalue weighted by atomic mass is 10.1. The molecule has 1 aliphatic heterocycles. The molecule has 0 aliphatic carbocycles. The van der Waals surface area contributed by atoms with E-state index in [1.165, 1.54) is 0 Å². The second kappa shape index (κ2) is 7.39. The first-order valence-electron chi connectivity index (χ1n) is 7.09. The third kappa shape index (κ3) is 4.44. The molecule has 1 atom stereocenters. The molecule has 8 heteroatoms. The Labute approximate surface area is 128 Å². The van der Waals surface area contributed by atoms with Gasteiger partial charge in [0.15, 0.2) is 0 Å². The molecule has 1 aromatic rings. The zero-order chi connectivity index (χ0) is 15.9. The van der Waals surface area contributed by atoms with Gasteiger partial charge in [0.05, 0.1) is 0 Å². The number of rotatable bonds is 7. The molecule has 4 amide bonds. The predicted molar refractivity (Wildman–Crippen MR) is 80.2 cm³/mol. The van der Waals surface area contributed by atoms with Gasteiger partial charge in [-0.3, -0.25) is 19.9 Å². The van der Waals surface area contributed by atoms with Gasteiger partial charge >= 0.3 is 6.03 Å². The normalized spacial score (nSPS) is 16.9. The van der Waals surface area contributed by atoms with Crippen LogP contribution >= 0.6 is 0 Å². The maximum Gasteiger partial charge on any atom is 0.322 e. The summed E-state index contributed by atoms with van der Waals surface area (Å²) >= 11 is 0. The first-order chi connectivity index (χ1) is 10.6. The van der Waals surface area contributed by atoms with Crippen LogP contribution in [-0.2, 0) is 9.59 Å². The van der Waals surface area contributed by atoms with Gasteiger partial charge < -0.3 is 16.0 Å². The molecule has 1 fully saturated rings. The number of anilines is 1. The molecule has 1 saturated heterocycles. The Morgan fingerprint density at radius 1 is 1.36 bits per heavy atom. The maximum atomic E-state index is 11.7. The van der Waals surface area contributed by atoms with Crippen molar-refractivity contribution in [2.45, 2.75) is 25.8 Å². The van der Waals surface area contributed by atoms with Crippen LogP contribution in [-0.4, -0.2) is 42.0 Å². The molecule has 8 nitrogen and oxygen atoms in total. The summed E-state index contributed by atoms with van der Waals surface area (Å²) < 4.78 is 0. The van der Waals surface area contributed by atoms with E-state index < -0.39 is 12.1 Å². The number of nitrogens with one attached hydrogen (secondary N) is 4. The van der Waals surface area contributed by atoms with Gasteiger partial charge in [0.25, 0.3) is 5.91 Å². The zero-order valence-electron chi connectivity index (χ0n) is 12.3. The summed E-state index contributed by atoms with van der Waals surface area (Å²) in [6.07, 6.45) is 3.95. The molecular formula is C14H19N5O3. The van der Waals surface area contributed by atoms with Crippen molar-refractivity contribution in [1.82, 2.24) is 20.9 Å². The van der Waals surface area contributed by atoms with Crippen LogP contribution in [0.1, 0.15) is 18.4 Å². The highest BCUT2D eigenvalue weighted by molar-refractivity contribution is 6.04. The highest BCUT2D eigenvalue weighted by Gasteiger charge is 2.29. The van der Waals surface area contributed by atoms with Gasteiger partial charge in [0.1, 0.15) is 6.04 Å². The monoisotopic (exact) mass is 305 g/mol. The Bertz CT molecular complexity index is 575. The van der Waals surface area contributed by atoms with Gasteiger partial charge in [-0.2, -0.15) is 0 Å². The van der Waals surface area contributed by atoms with Crippen LogP contribution in [0.5, 0.6) is 0 Å². The molecule has 4 N–H and O–H groups in total. The summed E-state index contributed by atoms with van der Waals surface area (Å²) in [7, 11) is 0. The van der Waals surface area contributed by atoms with Crippen molar-refractivity contribution < 1.29 is 14.4 Å². The highest BCUT2D eigenvalue weighted by Crippen LogP contribution is 2.10. The van der Waals surface area contributed by atoms with E-state index in [1.54, 1.807) is 12.4 Å². The van der Waals surface area contributed by atoms with Gasteiger partial charge in [-0.05, 0) is 25.0 Å². The molecule has 22 heavy (non-hydrogen) atoms. The Balaban J connectivity index is 1.61. The van der Waals surface area contributed by atoms with E-state index in [0.717, 1.165) is 11.3 Å². The van der Waals surface area contributed by atoms with Crippen molar-refractivity contribution in [2.24, 2.45) is 0 Å². The van der Waals surface area contributed by atoms with Crippen LogP contribution in [0, 0.1) is 6.92 Å². The van der Waals surface area contributed by atoms with Crippen LogP contribution in [0.2, 0.25) is 0 Å². The first kappa shape index (κ1) is 15.7. The molecule has 1 aromatic heterocycles. The Kier molecular flexibility index (Phi) is 5.29. The molecular weight excluding hydrogens is 286 g/mol. The van der Waals surface area contributed by atoms with Crippen molar-refractivity contribution in [3.05, 3.63) is 24.0 Å². The van der Waals surface area contributed by atoms with Crippen molar-refractivity contribution in [2.75, 3.05) is 18.4 Å². The van der Waals surface area contributed by atoms with Crippen LogP contribution in [0.4, 0.5) is 10.5 Å². The van der Waals surface area contributed by atoms with Crippen LogP contribution in [0.25, 0.3) is 0 Å². The number of urea groups is 1. The van der Waals surface area contributed by atoms with Gasteiger partial charge in [-0.15, -0.1) is 0 Å². The average Bonchev–Trinajstić information content (AvgIpc) is 2.81. The van der Waals surface area contributed by atoms with E-state index >= 15 is 0 Å². The number of hydrogen-bond donors (Lipinski definition) is 4. The zero-order valence-corrected chi connectivity index (χ0v) is 12.3. The van der Waals surface area contributed by atoms with Crippen molar-refractivity contribution in [3.8, 4) is 0 Å². The van der Waals surface area contributed by atoms with Gasteiger partial charge in [0, 0.05) is 37.6 Å². The van der Waals surface area contributed by atoms with Crippen molar-refractivity contribution in [3.63, 3.8) is 0 Å². The molecule has 0 saturated carbocycles. The lowest BCUT2D eigenvalue weighted by molar-refractivity contribution is -0.122. The number of carbonyl (C=O) groups excluding carboxylic acids is 3. The van der Waals surface area contributed by atoms with E-state index in [0.29, 0.717) is 19.5 Å². The Morgan fingerprint density at radius 3 is 2.86 bits per heavy atom. The second-order valence-corrected chi connectivity index (χ2v) is 5.02. The minimum Gasteiger partial charge on any atom is -0.383 e. The number of aryl methyl sites for hydroxylation is 1. The molecule has 2 heterocycles. The Morgan fingerprint density at radius 2 is 2.18 bits per heavy atom. The minimum absolute atomic E-state index is 0.151. The van der Waals surface area contributed by atoms with Gasteiger partial charge in [-0.25, -0.2) is 4.79 Å². The molecule has 118 valence electrons. The number of carbonyl (C=O) groups is 3. The largest absolute Gasteiger partial charge is 0.383 e. The smallest absolute Gasteiger partial charge is 0.322 e. The fraction of sp³-hybridized carbons (Fsp3) is 0.429. The minimum atomic E-state index is -0.615. The molecule has 1 aliphatic rings. The SMILES string of the molecule is Cc1cnccc1NCCNC(=O)CCC1NC(=O)NC1=O. The summed E-state index contributed by atoms with van der Waals surface area (Å²) in [4.78, 5) is 37.9. The first-order valence-corrected chi connectivity index (χ1v) is 7.09. The molecule has 0 radical (unpaired) electrons. The summed E-state index contributed by atoms with van der Waals surface area (Å²) in [5, 5.41) is 10.6. The molecule has 0 aromatic carbocycles. The third-order valence-corrected chi connectivity index (χ3v) is 3.30. The number of imide groups is 1. The fourth-order valence-corrected chi connectivity index (χ4v) is 2.10. The van der Waals surface area contributed by atoms with E-state index in [2.05, 4.69) is 26.3 Å². The molecule has 2 rings (SSSR count). The maximum absolute atomic E-state index is 11.7. The number of amides is 4. The van der Waals surface area contributed by atoms with Crippen molar-refractivity contribution >= 4 is 23.5 Å². The van der Waals surface area contributed by atoms with E-state index in [-0.39, 0.29) is 18.2 Å². The van der Waals surface area contributed by atoms with E-state index in [1.807, 2.05) is 13.0 Å². The van der Waals surface area contributed by atoms with Crippen molar-refractivity contribution in [1.29, 1.82) is 0 Å². The van der Waals surface area contributed by atoms with Crippen LogP contribution in [0.15, 0.2) is 18.5 Å². The number of pyridine rings is 1. The molecule has 0 bridgehead atoms. The average molecular weight is 305 g/mol. The van der Waals surface area contributed by atoms with Gasteiger partial charge in [-0.1, -0.05) is 0 Å². The topological polar surface area (TPSA) is 112 Å². The molecule has 0 spiro atoms. The van der Waals surface area contributed by atoms with Crippen LogP contribution < -0.4 is 21.3 Å². The predicted octanol–water partition coefficient (Wildman–Crippen LogP) is -0.0937. The van der Waals surface area contributed by atoms with Crippen LogP contribution in [0.3, 0.4) is 0 Å². The third-order valence-electron chi connectivity index (χ3n) is 3.30. The Hall–Kier alpha value is -2.64. The number of aromatic nitrogens is 1. The fourth-order valence-electron chi connectivity index (χ4n) is 2.10. The summed E-state index contributed by atoms with van der Waals surface area (Å²) in [6, 6.07) is 0.751. The summed E-state index contributed by atoms with van der Waals surface area (Å²) in [5.74, 6) is -0.533. The van der Waals surface area contributed by atoms with E-state index in [4.69, 9.17) is 0 Å². The summed E-state index contributed by atoms with van der Waals surface area (Å²) in [5.41, 5.74) is 2.02.